The molecule has 5 nitrogen and oxygen atoms in total. The van der Waals surface area contributed by atoms with E-state index in [1.165, 1.54) is 0 Å². The minimum atomic E-state index is 0.581. The molecule has 1 aliphatic heterocycles. The normalized spacial score (nSPS) is 14.6. The summed E-state index contributed by atoms with van der Waals surface area (Å²) in [5, 5.41) is 5.04. The van der Waals surface area contributed by atoms with Crippen LogP contribution in [0.15, 0.2) is 42.6 Å². The van der Waals surface area contributed by atoms with Crippen LogP contribution in [0.3, 0.4) is 0 Å². The van der Waals surface area contributed by atoms with E-state index in [1.807, 2.05) is 18.2 Å². The van der Waals surface area contributed by atoms with Gasteiger partial charge in [-0.3, -0.25) is 9.88 Å². The Morgan fingerprint density at radius 3 is 2.79 bits per heavy atom. The lowest BCUT2D eigenvalue weighted by molar-refractivity contribution is 0.0367. The minimum absolute atomic E-state index is 0.581. The first-order valence-corrected chi connectivity index (χ1v) is 10.5. The van der Waals surface area contributed by atoms with Crippen molar-refractivity contribution in [1.82, 2.24) is 14.8 Å². The first-order valence-electron chi connectivity index (χ1n) is 9.33. The Hall–Kier alpha value is -1.44. The molecule has 0 aliphatic carbocycles. The van der Waals surface area contributed by atoms with Crippen LogP contribution in [0.25, 0.3) is 0 Å². The highest BCUT2D eigenvalue weighted by molar-refractivity contribution is 7.80. The summed E-state index contributed by atoms with van der Waals surface area (Å²) >= 11 is 18.1. The lowest BCUT2D eigenvalue weighted by Crippen LogP contribution is -2.40. The number of nitrogens with zero attached hydrogens (tertiary/aromatic N) is 3. The third-order valence-electron chi connectivity index (χ3n) is 4.54. The number of hydrogen-bond acceptors (Lipinski definition) is 4. The molecule has 0 radical (unpaired) electrons. The van der Waals surface area contributed by atoms with Gasteiger partial charge in [-0.15, -0.1) is 0 Å². The van der Waals surface area contributed by atoms with Gasteiger partial charge in [0.2, 0.25) is 0 Å². The van der Waals surface area contributed by atoms with Gasteiger partial charge in [0.15, 0.2) is 5.11 Å². The topological polar surface area (TPSA) is 40.6 Å². The molecule has 1 fully saturated rings. The first-order chi connectivity index (χ1) is 13.6. The van der Waals surface area contributed by atoms with E-state index in [-0.39, 0.29) is 0 Å². The van der Waals surface area contributed by atoms with Gasteiger partial charge in [0.05, 0.1) is 36.2 Å². The molecular weight excluding hydrogens is 415 g/mol. The van der Waals surface area contributed by atoms with Crippen LogP contribution in [-0.4, -0.2) is 59.3 Å². The Morgan fingerprint density at radius 2 is 2.04 bits per heavy atom. The SMILES string of the molecule is S=C(Nc1cc(Cl)ccc1Cl)N(CCCN1CCOCC1)Cc1ccccn1. The van der Waals surface area contributed by atoms with E-state index >= 15 is 0 Å². The fourth-order valence-electron chi connectivity index (χ4n) is 3.04. The van der Waals surface area contributed by atoms with Crippen molar-refractivity contribution < 1.29 is 4.74 Å². The van der Waals surface area contributed by atoms with Crippen LogP contribution in [0.5, 0.6) is 0 Å². The van der Waals surface area contributed by atoms with E-state index in [0.29, 0.717) is 27.4 Å². The Morgan fingerprint density at radius 1 is 1.21 bits per heavy atom. The van der Waals surface area contributed by atoms with Gasteiger partial charge in [-0.05, 0) is 49.0 Å². The van der Waals surface area contributed by atoms with Crippen LogP contribution in [0.2, 0.25) is 10.0 Å². The second-order valence-electron chi connectivity index (χ2n) is 6.60. The lowest BCUT2D eigenvalue weighted by Gasteiger charge is -2.29. The van der Waals surface area contributed by atoms with Crippen molar-refractivity contribution in [3.63, 3.8) is 0 Å². The fraction of sp³-hybridized carbons (Fsp3) is 0.400. The van der Waals surface area contributed by atoms with Crippen LogP contribution >= 0.6 is 35.4 Å². The van der Waals surface area contributed by atoms with E-state index < -0.39 is 0 Å². The van der Waals surface area contributed by atoms with E-state index in [0.717, 1.165) is 51.5 Å². The van der Waals surface area contributed by atoms with Crippen molar-refractivity contribution in [2.24, 2.45) is 0 Å². The number of thiocarbonyl (C=S) groups is 1. The molecular formula is C20H24Cl2N4OS. The van der Waals surface area contributed by atoms with Gasteiger partial charge < -0.3 is 15.0 Å². The second kappa shape index (κ2) is 10.9. The summed E-state index contributed by atoms with van der Waals surface area (Å²) in [6.45, 7) is 6.06. The fourth-order valence-corrected chi connectivity index (χ4v) is 3.64. The summed E-state index contributed by atoms with van der Waals surface area (Å²) in [6, 6.07) is 11.2. The highest BCUT2D eigenvalue weighted by Crippen LogP contribution is 2.26. The van der Waals surface area contributed by atoms with E-state index in [1.54, 1.807) is 24.4 Å². The Kier molecular flexibility index (Phi) is 8.30. The molecule has 0 atom stereocenters. The number of hydrogen-bond donors (Lipinski definition) is 1. The smallest absolute Gasteiger partial charge is 0.173 e. The zero-order valence-corrected chi connectivity index (χ0v) is 17.9. The third-order valence-corrected chi connectivity index (χ3v) is 5.47. The van der Waals surface area contributed by atoms with Gasteiger partial charge in [0, 0.05) is 37.4 Å². The maximum absolute atomic E-state index is 6.28. The predicted molar refractivity (Wildman–Crippen MR) is 119 cm³/mol. The molecule has 1 saturated heterocycles. The van der Waals surface area contributed by atoms with Crippen LogP contribution in [0.4, 0.5) is 5.69 Å². The highest BCUT2D eigenvalue weighted by Gasteiger charge is 2.15. The van der Waals surface area contributed by atoms with Crippen molar-refractivity contribution in [3.05, 3.63) is 58.3 Å². The van der Waals surface area contributed by atoms with E-state index in [9.17, 15) is 0 Å². The Bertz CT molecular complexity index is 772. The average Bonchev–Trinajstić information content (AvgIpc) is 2.71. The molecule has 1 N–H and O–H groups in total. The van der Waals surface area contributed by atoms with E-state index in [2.05, 4.69) is 20.1 Å². The van der Waals surface area contributed by atoms with Crippen molar-refractivity contribution in [2.75, 3.05) is 44.7 Å². The summed E-state index contributed by atoms with van der Waals surface area (Å²) in [5.41, 5.74) is 1.67. The number of pyridine rings is 1. The van der Waals surface area contributed by atoms with Gasteiger partial charge in [0.1, 0.15) is 0 Å². The summed E-state index contributed by atoms with van der Waals surface area (Å²) in [6.07, 6.45) is 2.80. The van der Waals surface area contributed by atoms with Gasteiger partial charge in [-0.2, -0.15) is 0 Å². The molecule has 0 bridgehead atoms. The van der Waals surface area contributed by atoms with Crippen molar-refractivity contribution in [1.29, 1.82) is 0 Å². The first kappa shape index (κ1) is 21.3. The van der Waals surface area contributed by atoms with Crippen LogP contribution in [-0.2, 0) is 11.3 Å². The van der Waals surface area contributed by atoms with E-state index in [4.69, 9.17) is 40.2 Å². The molecule has 3 rings (SSSR count). The Labute approximate surface area is 181 Å². The number of rotatable bonds is 7. The van der Waals surface area contributed by atoms with Crippen LogP contribution < -0.4 is 5.32 Å². The largest absolute Gasteiger partial charge is 0.379 e. The number of anilines is 1. The monoisotopic (exact) mass is 438 g/mol. The molecule has 0 spiro atoms. The predicted octanol–water partition coefficient (Wildman–Crippen LogP) is 4.31. The number of nitrogens with one attached hydrogen (secondary N) is 1. The van der Waals surface area contributed by atoms with Crippen molar-refractivity contribution in [2.45, 2.75) is 13.0 Å². The maximum Gasteiger partial charge on any atom is 0.173 e. The van der Waals surface area contributed by atoms with Gasteiger partial charge in [0.25, 0.3) is 0 Å². The summed E-state index contributed by atoms with van der Waals surface area (Å²) < 4.78 is 5.42. The third kappa shape index (κ3) is 6.57. The quantitative estimate of drug-likeness (QED) is 0.649. The molecule has 150 valence electrons. The van der Waals surface area contributed by atoms with Crippen LogP contribution in [0, 0.1) is 0 Å². The summed E-state index contributed by atoms with van der Waals surface area (Å²) in [5.74, 6) is 0. The van der Waals surface area contributed by atoms with Crippen molar-refractivity contribution >= 4 is 46.2 Å². The van der Waals surface area contributed by atoms with Gasteiger partial charge in [-0.1, -0.05) is 29.3 Å². The molecule has 0 unspecified atom stereocenters. The number of benzene rings is 1. The zero-order valence-electron chi connectivity index (χ0n) is 15.6. The molecule has 8 heteroatoms. The van der Waals surface area contributed by atoms with Crippen LogP contribution in [0.1, 0.15) is 12.1 Å². The van der Waals surface area contributed by atoms with Gasteiger partial charge >= 0.3 is 0 Å². The molecule has 28 heavy (non-hydrogen) atoms. The zero-order chi connectivity index (χ0) is 19.8. The number of ether oxygens (including phenoxy) is 1. The molecule has 0 saturated carbocycles. The maximum atomic E-state index is 6.28. The van der Waals surface area contributed by atoms with Gasteiger partial charge in [-0.25, -0.2) is 0 Å². The molecule has 1 aromatic carbocycles. The Balaban J connectivity index is 1.63. The summed E-state index contributed by atoms with van der Waals surface area (Å²) in [7, 11) is 0. The lowest BCUT2D eigenvalue weighted by atomic mass is 10.3. The average molecular weight is 439 g/mol. The standard InChI is InChI=1S/C20H24Cl2N4OS/c21-16-5-6-18(22)19(14-16)24-20(28)26(15-17-4-1-2-7-23-17)9-3-8-25-10-12-27-13-11-25/h1-2,4-7,14H,3,8-13,15H2,(H,24,28). The second-order valence-corrected chi connectivity index (χ2v) is 7.83. The molecule has 1 aromatic heterocycles. The molecule has 1 aliphatic rings. The molecule has 2 heterocycles. The molecule has 0 amide bonds. The number of halogens is 2. The van der Waals surface area contributed by atoms with Crippen molar-refractivity contribution in [3.8, 4) is 0 Å². The summed E-state index contributed by atoms with van der Waals surface area (Å²) in [4.78, 5) is 8.98. The number of morpholine rings is 1. The molecule has 2 aromatic rings. The number of aromatic nitrogens is 1. The minimum Gasteiger partial charge on any atom is -0.379 e. The highest BCUT2D eigenvalue weighted by atomic mass is 35.5.